The van der Waals surface area contributed by atoms with Gasteiger partial charge >= 0.3 is 0 Å². The molecule has 2 aliphatic rings. The Bertz CT molecular complexity index is 262. The lowest BCUT2D eigenvalue weighted by atomic mass is 10.0. The van der Waals surface area contributed by atoms with Gasteiger partial charge in [-0.05, 0) is 0 Å². The first-order valence-electron chi connectivity index (χ1n) is 3.79. The molecule has 3 N–H and O–H groups in total. The van der Waals surface area contributed by atoms with E-state index in [0.717, 1.165) is 6.54 Å². The molecule has 3 atom stereocenters. The fraction of sp³-hybridized carbons (Fsp3) is 1.00. The van der Waals surface area contributed by atoms with Crippen molar-refractivity contribution >= 4 is 9.84 Å². The maximum atomic E-state index is 11.3. The summed E-state index contributed by atoms with van der Waals surface area (Å²) in [5.41, 5.74) is 5.68. The van der Waals surface area contributed by atoms with E-state index in [1.807, 2.05) is 0 Å². The van der Waals surface area contributed by atoms with Crippen LogP contribution in [-0.4, -0.2) is 38.6 Å². The smallest absolute Gasteiger partial charge is 0.156 e. The second kappa shape index (κ2) is 2.18. The lowest BCUT2D eigenvalue weighted by molar-refractivity contribution is 0.518. The summed E-state index contributed by atoms with van der Waals surface area (Å²) in [5, 5.41) is 2.85. The van der Waals surface area contributed by atoms with Gasteiger partial charge in [0.15, 0.2) is 9.84 Å². The number of nitrogens with two attached hydrogens (primary N) is 1. The summed E-state index contributed by atoms with van der Waals surface area (Å²) in [7, 11) is -2.86. The summed E-state index contributed by atoms with van der Waals surface area (Å²) < 4.78 is 22.7. The molecule has 64 valence electrons. The number of hydrogen-bond donors (Lipinski definition) is 2. The molecule has 2 rings (SSSR count). The number of rotatable bonds is 0. The van der Waals surface area contributed by atoms with Crippen molar-refractivity contribution in [1.29, 1.82) is 0 Å². The molecule has 2 fully saturated rings. The molecule has 0 bridgehead atoms. The van der Waals surface area contributed by atoms with Gasteiger partial charge in [-0.1, -0.05) is 0 Å². The topological polar surface area (TPSA) is 72.2 Å². The van der Waals surface area contributed by atoms with E-state index < -0.39 is 9.84 Å². The number of sulfone groups is 1. The predicted octanol–water partition coefficient (Wildman–Crippen LogP) is -1.67. The molecule has 0 aliphatic carbocycles. The second-order valence-electron chi connectivity index (χ2n) is 3.35. The molecule has 0 saturated carbocycles. The van der Waals surface area contributed by atoms with Gasteiger partial charge in [0.05, 0.1) is 11.0 Å². The largest absolute Gasteiger partial charge is 0.326 e. The van der Waals surface area contributed by atoms with Gasteiger partial charge in [0, 0.05) is 25.0 Å². The van der Waals surface area contributed by atoms with Crippen LogP contribution in [0.4, 0.5) is 0 Å². The van der Waals surface area contributed by atoms with Crippen molar-refractivity contribution in [1.82, 2.24) is 5.32 Å². The maximum absolute atomic E-state index is 11.3. The third kappa shape index (κ3) is 0.988. The molecule has 5 heteroatoms. The van der Waals surface area contributed by atoms with Crippen molar-refractivity contribution in [2.24, 2.45) is 11.7 Å². The lowest BCUT2D eigenvalue weighted by Crippen LogP contribution is -2.31. The summed E-state index contributed by atoms with van der Waals surface area (Å²) in [6, 6.07) is -0.139. The Balaban J connectivity index is 2.35. The van der Waals surface area contributed by atoms with Crippen molar-refractivity contribution in [2.75, 3.05) is 18.8 Å². The normalized spacial score (nSPS) is 47.5. The average Bonchev–Trinajstić information content (AvgIpc) is 2.37. The Hall–Kier alpha value is -0.130. The Labute approximate surface area is 66.1 Å². The summed E-state index contributed by atoms with van der Waals surface area (Å²) in [6.07, 6.45) is 0. The van der Waals surface area contributed by atoms with Crippen LogP contribution in [0.25, 0.3) is 0 Å². The van der Waals surface area contributed by atoms with E-state index in [0.29, 0.717) is 6.54 Å². The molecule has 0 aromatic rings. The molecule has 0 amide bonds. The first kappa shape index (κ1) is 7.52. The number of nitrogens with one attached hydrogen (secondary N) is 1. The van der Waals surface area contributed by atoms with E-state index in [1.165, 1.54) is 0 Å². The summed E-state index contributed by atoms with van der Waals surface area (Å²) in [6.45, 7) is 1.37. The zero-order chi connectivity index (χ0) is 8.06. The first-order valence-corrected chi connectivity index (χ1v) is 5.50. The van der Waals surface area contributed by atoms with Crippen molar-refractivity contribution < 1.29 is 8.42 Å². The van der Waals surface area contributed by atoms with Gasteiger partial charge < -0.3 is 11.1 Å². The molecular formula is C6H12N2O2S. The van der Waals surface area contributed by atoms with Crippen LogP contribution in [0.1, 0.15) is 0 Å². The summed E-state index contributed by atoms with van der Waals surface area (Å²) in [4.78, 5) is 0. The highest BCUT2D eigenvalue weighted by Crippen LogP contribution is 2.28. The van der Waals surface area contributed by atoms with Crippen molar-refractivity contribution in [3.8, 4) is 0 Å². The van der Waals surface area contributed by atoms with E-state index in [1.54, 1.807) is 0 Å². The highest BCUT2D eigenvalue weighted by Gasteiger charge is 2.47. The molecule has 4 nitrogen and oxygen atoms in total. The fourth-order valence-electron chi connectivity index (χ4n) is 2.01. The minimum atomic E-state index is -2.86. The van der Waals surface area contributed by atoms with Crippen LogP contribution >= 0.6 is 0 Å². The molecule has 11 heavy (non-hydrogen) atoms. The zero-order valence-corrected chi connectivity index (χ0v) is 6.97. The molecule has 0 spiro atoms. The Morgan fingerprint density at radius 1 is 1.36 bits per heavy atom. The minimum Gasteiger partial charge on any atom is -0.326 e. The average molecular weight is 176 g/mol. The standard InChI is InChI=1S/C6H12N2O2S/c7-5-3-11(9,10)6-2-8-1-4(5)6/h4-6,8H,1-3,7H2/t4-,5+,6-/m0/s1. The van der Waals surface area contributed by atoms with Gasteiger partial charge in [-0.25, -0.2) is 8.42 Å². The van der Waals surface area contributed by atoms with Crippen LogP contribution in [0, 0.1) is 5.92 Å². The van der Waals surface area contributed by atoms with Crippen molar-refractivity contribution in [2.45, 2.75) is 11.3 Å². The minimum absolute atomic E-state index is 0.139. The SMILES string of the molecule is N[C@@H]1CS(=O)(=O)[C@H]2CNC[C@@H]12. The van der Waals surface area contributed by atoms with Gasteiger partial charge in [0.1, 0.15) is 0 Å². The predicted molar refractivity (Wildman–Crippen MR) is 41.9 cm³/mol. The van der Waals surface area contributed by atoms with E-state index in [-0.39, 0.29) is 23.0 Å². The quantitative estimate of drug-likeness (QED) is 0.463. The van der Waals surface area contributed by atoms with Gasteiger partial charge in [0.25, 0.3) is 0 Å². The summed E-state index contributed by atoms with van der Waals surface area (Å²) in [5.74, 6) is 0.351. The van der Waals surface area contributed by atoms with Gasteiger partial charge in [-0.15, -0.1) is 0 Å². The number of fused-ring (bicyclic) bond motifs is 1. The molecule has 2 saturated heterocycles. The second-order valence-corrected chi connectivity index (χ2v) is 5.62. The van der Waals surface area contributed by atoms with Crippen molar-refractivity contribution in [3.63, 3.8) is 0 Å². The van der Waals surface area contributed by atoms with E-state index >= 15 is 0 Å². The van der Waals surface area contributed by atoms with Crippen LogP contribution in [0.3, 0.4) is 0 Å². The lowest BCUT2D eigenvalue weighted by Gasteiger charge is -2.08. The molecule has 2 heterocycles. The molecule has 0 unspecified atom stereocenters. The molecular weight excluding hydrogens is 164 g/mol. The van der Waals surface area contributed by atoms with Crippen LogP contribution in [-0.2, 0) is 9.84 Å². The third-order valence-corrected chi connectivity index (χ3v) is 4.93. The van der Waals surface area contributed by atoms with Crippen molar-refractivity contribution in [3.05, 3.63) is 0 Å². The molecule has 2 aliphatic heterocycles. The fourth-order valence-corrected chi connectivity index (χ4v) is 4.24. The monoisotopic (exact) mass is 176 g/mol. The molecule has 0 aromatic heterocycles. The maximum Gasteiger partial charge on any atom is 0.156 e. The number of hydrogen-bond acceptors (Lipinski definition) is 4. The summed E-state index contributed by atoms with van der Waals surface area (Å²) >= 11 is 0. The highest BCUT2D eigenvalue weighted by molar-refractivity contribution is 7.92. The zero-order valence-electron chi connectivity index (χ0n) is 6.16. The van der Waals surface area contributed by atoms with E-state index in [9.17, 15) is 8.42 Å². The third-order valence-electron chi connectivity index (χ3n) is 2.64. The van der Waals surface area contributed by atoms with Crippen LogP contribution in [0.2, 0.25) is 0 Å². The van der Waals surface area contributed by atoms with Crippen LogP contribution in [0.5, 0.6) is 0 Å². The molecule has 0 radical (unpaired) electrons. The Morgan fingerprint density at radius 2 is 2.09 bits per heavy atom. The van der Waals surface area contributed by atoms with Gasteiger partial charge in [-0.3, -0.25) is 0 Å². The van der Waals surface area contributed by atoms with E-state index in [4.69, 9.17) is 5.73 Å². The highest BCUT2D eigenvalue weighted by atomic mass is 32.2. The van der Waals surface area contributed by atoms with E-state index in [2.05, 4.69) is 5.32 Å². The van der Waals surface area contributed by atoms with Gasteiger partial charge in [-0.2, -0.15) is 0 Å². The van der Waals surface area contributed by atoms with Gasteiger partial charge in [0.2, 0.25) is 0 Å². The van der Waals surface area contributed by atoms with Crippen LogP contribution in [0.15, 0.2) is 0 Å². The van der Waals surface area contributed by atoms with Crippen LogP contribution < -0.4 is 11.1 Å². The Kier molecular flexibility index (Phi) is 1.49. The Morgan fingerprint density at radius 3 is 2.73 bits per heavy atom. The first-order chi connectivity index (χ1) is 5.11. The molecule has 0 aromatic carbocycles.